The minimum atomic E-state index is -0.628. The van der Waals surface area contributed by atoms with Gasteiger partial charge in [-0.2, -0.15) is 5.10 Å². The van der Waals surface area contributed by atoms with Gasteiger partial charge in [-0.25, -0.2) is 4.68 Å². The van der Waals surface area contributed by atoms with Crippen LogP contribution in [0.2, 0.25) is 0 Å². The zero-order valence-corrected chi connectivity index (χ0v) is 14.2. The Kier molecular flexibility index (Phi) is 5.87. The van der Waals surface area contributed by atoms with Gasteiger partial charge >= 0.3 is 0 Å². The van der Waals surface area contributed by atoms with Crippen LogP contribution in [-0.4, -0.2) is 44.4 Å². The molecule has 0 spiro atoms. The van der Waals surface area contributed by atoms with Crippen molar-refractivity contribution in [3.63, 3.8) is 0 Å². The van der Waals surface area contributed by atoms with E-state index in [1.54, 1.807) is 17.9 Å². The maximum absolute atomic E-state index is 12.5. The van der Waals surface area contributed by atoms with Crippen molar-refractivity contribution in [1.82, 2.24) is 14.7 Å². The second-order valence-corrected chi connectivity index (χ2v) is 6.07. The van der Waals surface area contributed by atoms with Gasteiger partial charge in [0.25, 0.3) is 5.56 Å². The van der Waals surface area contributed by atoms with E-state index >= 15 is 0 Å². The number of aliphatic hydroxyl groups excluding tert-OH is 1. The molecule has 1 amide bonds. The third-order valence-electron chi connectivity index (χ3n) is 3.63. The zero-order valence-electron chi connectivity index (χ0n) is 14.2. The fraction of sp³-hybridized carbons (Fsp3) is 0.389. The molecular formula is C18H23N3O3. The molecule has 1 aromatic carbocycles. The Morgan fingerprint density at radius 1 is 1.17 bits per heavy atom. The summed E-state index contributed by atoms with van der Waals surface area (Å²) in [4.78, 5) is 26.1. The number of carbonyl (C=O) groups excluding carboxylic acids is 1. The molecule has 0 bridgehead atoms. The van der Waals surface area contributed by atoms with Crippen LogP contribution in [0.5, 0.6) is 0 Å². The van der Waals surface area contributed by atoms with E-state index in [0.29, 0.717) is 5.69 Å². The highest BCUT2D eigenvalue weighted by Crippen LogP contribution is 2.14. The number of aromatic nitrogens is 2. The minimum absolute atomic E-state index is 0.0693. The summed E-state index contributed by atoms with van der Waals surface area (Å²) in [6.45, 7) is 5.45. The van der Waals surface area contributed by atoms with Gasteiger partial charge in [0.1, 0.15) is 6.54 Å². The van der Waals surface area contributed by atoms with Crippen LogP contribution in [-0.2, 0) is 11.3 Å². The molecule has 128 valence electrons. The predicted octanol–water partition coefficient (Wildman–Crippen LogP) is 1.53. The minimum Gasteiger partial charge on any atom is -0.392 e. The molecule has 2 aromatic rings. The van der Waals surface area contributed by atoms with Gasteiger partial charge < -0.3 is 10.0 Å². The lowest BCUT2D eigenvalue weighted by Gasteiger charge is -2.28. The number of rotatable bonds is 6. The molecule has 24 heavy (non-hydrogen) atoms. The summed E-state index contributed by atoms with van der Waals surface area (Å²) in [5.41, 5.74) is 1.18. The van der Waals surface area contributed by atoms with Gasteiger partial charge in [0, 0.05) is 24.2 Å². The molecular weight excluding hydrogens is 306 g/mol. The Morgan fingerprint density at radius 2 is 1.83 bits per heavy atom. The van der Waals surface area contributed by atoms with E-state index in [4.69, 9.17) is 0 Å². The number of hydrogen-bond acceptors (Lipinski definition) is 4. The molecule has 6 heteroatoms. The predicted molar refractivity (Wildman–Crippen MR) is 92.5 cm³/mol. The Labute approximate surface area is 141 Å². The molecule has 0 saturated heterocycles. The third kappa shape index (κ3) is 4.52. The Bertz CT molecular complexity index is 739. The van der Waals surface area contributed by atoms with Gasteiger partial charge in [0.05, 0.1) is 11.8 Å². The van der Waals surface area contributed by atoms with Gasteiger partial charge in [0.15, 0.2) is 0 Å². The van der Waals surface area contributed by atoms with E-state index in [1.165, 1.54) is 10.7 Å². The second-order valence-electron chi connectivity index (χ2n) is 6.07. The summed E-state index contributed by atoms with van der Waals surface area (Å²) in [7, 11) is 0. The highest BCUT2D eigenvalue weighted by atomic mass is 16.3. The number of nitrogens with zero attached hydrogens (tertiary/aromatic N) is 3. The van der Waals surface area contributed by atoms with Crippen molar-refractivity contribution < 1.29 is 9.90 Å². The molecule has 2 rings (SSSR count). The summed E-state index contributed by atoms with van der Waals surface area (Å²) < 4.78 is 1.17. The SMILES string of the molecule is CC(O)CN(C(=O)Cn1nc(-c2ccccc2)ccc1=O)C(C)C. The Hall–Kier alpha value is -2.47. The molecule has 0 aliphatic carbocycles. The molecule has 0 radical (unpaired) electrons. The quantitative estimate of drug-likeness (QED) is 0.872. The highest BCUT2D eigenvalue weighted by molar-refractivity contribution is 5.76. The van der Waals surface area contributed by atoms with Gasteiger partial charge in [-0.1, -0.05) is 30.3 Å². The number of benzene rings is 1. The molecule has 1 aromatic heterocycles. The molecule has 1 N–H and O–H groups in total. The van der Waals surface area contributed by atoms with Crippen molar-refractivity contribution >= 4 is 5.91 Å². The molecule has 0 aliphatic rings. The number of hydrogen-bond donors (Lipinski definition) is 1. The molecule has 0 fully saturated rings. The summed E-state index contributed by atoms with van der Waals surface area (Å²) in [5, 5.41) is 13.9. The number of carbonyl (C=O) groups is 1. The smallest absolute Gasteiger partial charge is 0.267 e. The second kappa shape index (κ2) is 7.88. The number of aliphatic hydroxyl groups is 1. The van der Waals surface area contributed by atoms with E-state index in [-0.39, 0.29) is 30.6 Å². The van der Waals surface area contributed by atoms with Crippen molar-refractivity contribution in [2.45, 2.75) is 39.5 Å². The first kappa shape index (κ1) is 17.9. The first-order valence-electron chi connectivity index (χ1n) is 7.99. The Balaban J connectivity index is 2.25. The van der Waals surface area contributed by atoms with E-state index in [9.17, 15) is 14.7 Å². The number of amides is 1. The molecule has 6 nitrogen and oxygen atoms in total. The van der Waals surface area contributed by atoms with Crippen LogP contribution in [0.3, 0.4) is 0 Å². The summed E-state index contributed by atoms with van der Waals surface area (Å²) in [6.07, 6.45) is -0.628. The monoisotopic (exact) mass is 329 g/mol. The van der Waals surface area contributed by atoms with Crippen LogP contribution in [0.1, 0.15) is 20.8 Å². The highest BCUT2D eigenvalue weighted by Gasteiger charge is 2.20. The summed E-state index contributed by atoms with van der Waals surface area (Å²) in [5.74, 6) is -0.245. The van der Waals surface area contributed by atoms with E-state index in [0.717, 1.165) is 5.56 Å². The molecule has 1 atom stereocenters. The molecule has 0 saturated carbocycles. The van der Waals surface area contributed by atoms with Crippen LogP contribution in [0.25, 0.3) is 11.3 Å². The lowest BCUT2D eigenvalue weighted by Crippen LogP contribution is -2.44. The van der Waals surface area contributed by atoms with Crippen molar-refractivity contribution in [3.05, 3.63) is 52.8 Å². The average molecular weight is 329 g/mol. The maximum Gasteiger partial charge on any atom is 0.267 e. The average Bonchev–Trinajstić information content (AvgIpc) is 2.55. The van der Waals surface area contributed by atoms with E-state index in [2.05, 4.69) is 5.10 Å². The van der Waals surface area contributed by atoms with Crippen molar-refractivity contribution in [3.8, 4) is 11.3 Å². The first-order chi connectivity index (χ1) is 11.4. The fourth-order valence-electron chi connectivity index (χ4n) is 2.43. The van der Waals surface area contributed by atoms with Crippen molar-refractivity contribution in [2.75, 3.05) is 6.54 Å². The van der Waals surface area contributed by atoms with Crippen LogP contribution >= 0.6 is 0 Å². The Morgan fingerprint density at radius 3 is 2.42 bits per heavy atom. The largest absolute Gasteiger partial charge is 0.392 e. The standard InChI is InChI=1S/C18H23N3O3/c1-13(2)20(11-14(3)22)18(24)12-21-17(23)10-9-16(19-21)15-7-5-4-6-8-15/h4-10,13-14,22H,11-12H2,1-3H3. The van der Waals surface area contributed by atoms with Crippen LogP contribution in [0.15, 0.2) is 47.3 Å². The summed E-state index contributed by atoms with van der Waals surface area (Å²) >= 11 is 0. The molecule has 1 heterocycles. The van der Waals surface area contributed by atoms with Crippen molar-refractivity contribution in [2.24, 2.45) is 0 Å². The van der Waals surface area contributed by atoms with Crippen LogP contribution in [0, 0.1) is 0 Å². The van der Waals surface area contributed by atoms with Crippen LogP contribution in [0.4, 0.5) is 0 Å². The first-order valence-corrected chi connectivity index (χ1v) is 7.99. The molecule has 0 aliphatic heterocycles. The van der Waals surface area contributed by atoms with Crippen LogP contribution < -0.4 is 5.56 Å². The zero-order chi connectivity index (χ0) is 17.7. The summed E-state index contributed by atoms with van der Waals surface area (Å²) in [6, 6.07) is 12.5. The lowest BCUT2D eigenvalue weighted by molar-refractivity contribution is -0.135. The normalized spacial score (nSPS) is 12.2. The maximum atomic E-state index is 12.5. The van der Waals surface area contributed by atoms with Crippen molar-refractivity contribution in [1.29, 1.82) is 0 Å². The third-order valence-corrected chi connectivity index (χ3v) is 3.63. The van der Waals surface area contributed by atoms with Gasteiger partial charge in [0.2, 0.25) is 5.91 Å². The van der Waals surface area contributed by atoms with E-state index < -0.39 is 6.10 Å². The topological polar surface area (TPSA) is 75.4 Å². The van der Waals surface area contributed by atoms with Gasteiger partial charge in [-0.05, 0) is 26.8 Å². The fourth-order valence-corrected chi connectivity index (χ4v) is 2.43. The van der Waals surface area contributed by atoms with Gasteiger partial charge in [-0.3, -0.25) is 9.59 Å². The lowest BCUT2D eigenvalue weighted by atomic mass is 10.1. The van der Waals surface area contributed by atoms with Gasteiger partial charge in [-0.15, -0.1) is 0 Å². The molecule has 1 unspecified atom stereocenters. The van der Waals surface area contributed by atoms with E-state index in [1.807, 2.05) is 44.2 Å².